The van der Waals surface area contributed by atoms with E-state index >= 15 is 0 Å². The van der Waals surface area contributed by atoms with E-state index in [4.69, 9.17) is 4.74 Å². The number of morpholine rings is 1. The number of ether oxygens (including phenoxy) is 1. The molecule has 0 saturated carbocycles. The second kappa shape index (κ2) is 11.1. The van der Waals surface area contributed by atoms with Crippen LogP contribution in [0.3, 0.4) is 0 Å². The molecule has 2 heterocycles. The Labute approximate surface area is 190 Å². The van der Waals surface area contributed by atoms with Crippen LogP contribution in [0.4, 0.5) is 4.79 Å². The first-order valence-electron chi connectivity index (χ1n) is 9.99. The molecule has 1 saturated heterocycles. The average molecular weight is 477 g/mol. The van der Waals surface area contributed by atoms with Crippen LogP contribution in [0.1, 0.15) is 16.5 Å². The smallest absolute Gasteiger partial charge is 0.318 e. The summed E-state index contributed by atoms with van der Waals surface area (Å²) in [7, 11) is -3.75. The fraction of sp³-hybridized carbons (Fsp3) is 0.381. The Balaban J connectivity index is 1.75. The number of benzene rings is 1. The zero-order valence-electron chi connectivity index (χ0n) is 17.3. The van der Waals surface area contributed by atoms with Crippen molar-refractivity contribution < 1.29 is 22.7 Å². The van der Waals surface area contributed by atoms with E-state index in [9.17, 15) is 23.3 Å². The second-order valence-corrected chi connectivity index (χ2v) is 10.3. The highest BCUT2D eigenvalue weighted by atomic mass is 32.2. The molecule has 1 aromatic heterocycles. The molecule has 2 N–H and O–H groups in total. The summed E-state index contributed by atoms with van der Waals surface area (Å²) in [5.74, 6) is -1.59. The molecule has 1 aliphatic heterocycles. The lowest BCUT2D eigenvalue weighted by atomic mass is 10.2. The lowest BCUT2D eigenvalue weighted by molar-refractivity contribution is -0.122. The first-order valence-corrected chi connectivity index (χ1v) is 12.7. The van der Waals surface area contributed by atoms with Crippen molar-refractivity contribution in [1.82, 2.24) is 15.5 Å². The van der Waals surface area contributed by atoms with Gasteiger partial charge in [0.1, 0.15) is 6.04 Å². The molecule has 0 bridgehead atoms. The van der Waals surface area contributed by atoms with Crippen LogP contribution in [0, 0.1) is 11.3 Å². The van der Waals surface area contributed by atoms with Gasteiger partial charge in [0, 0.05) is 18.0 Å². The van der Waals surface area contributed by atoms with Crippen LogP contribution in [0.2, 0.25) is 0 Å². The molecule has 170 valence electrons. The second-order valence-electron chi connectivity index (χ2n) is 7.23. The summed E-state index contributed by atoms with van der Waals surface area (Å²) in [6.07, 6.45) is 0. The van der Waals surface area contributed by atoms with Gasteiger partial charge in [0.05, 0.1) is 30.8 Å². The minimum Gasteiger partial charge on any atom is -0.378 e. The van der Waals surface area contributed by atoms with Gasteiger partial charge in [-0.3, -0.25) is 4.79 Å². The number of rotatable bonds is 8. The summed E-state index contributed by atoms with van der Waals surface area (Å²) in [6.45, 7) is 1.41. The Morgan fingerprint density at radius 1 is 1.12 bits per heavy atom. The molecule has 0 aliphatic carbocycles. The van der Waals surface area contributed by atoms with Crippen LogP contribution in [0.25, 0.3) is 0 Å². The molecular formula is C21H24N4O5S2. The predicted octanol–water partition coefficient (Wildman–Crippen LogP) is 1.45. The van der Waals surface area contributed by atoms with Gasteiger partial charge >= 0.3 is 6.03 Å². The highest BCUT2D eigenvalue weighted by Gasteiger charge is 2.31. The fourth-order valence-electron chi connectivity index (χ4n) is 3.20. The molecule has 1 fully saturated rings. The zero-order valence-corrected chi connectivity index (χ0v) is 18.9. The number of hydrogen-bond donors (Lipinski definition) is 2. The molecule has 32 heavy (non-hydrogen) atoms. The molecule has 2 aromatic rings. The van der Waals surface area contributed by atoms with Crippen LogP contribution < -0.4 is 10.6 Å². The number of nitriles is 1. The monoisotopic (exact) mass is 476 g/mol. The van der Waals surface area contributed by atoms with Gasteiger partial charge in [0.15, 0.2) is 15.9 Å². The van der Waals surface area contributed by atoms with Crippen LogP contribution >= 0.6 is 11.3 Å². The normalized spacial score (nSPS) is 15.9. The molecule has 0 radical (unpaired) electrons. The number of carbonyl (C=O) groups excluding carboxylic acids is 2. The molecular weight excluding hydrogens is 452 g/mol. The van der Waals surface area contributed by atoms with E-state index in [1.807, 2.05) is 6.07 Å². The predicted molar refractivity (Wildman–Crippen MR) is 119 cm³/mol. The minimum absolute atomic E-state index is 0.266. The highest BCUT2D eigenvalue weighted by Crippen LogP contribution is 2.18. The molecule has 0 spiro atoms. The van der Waals surface area contributed by atoms with Crippen molar-refractivity contribution in [2.45, 2.75) is 17.8 Å². The Morgan fingerprint density at radius 3 is 2.47 bits per heavy atom. The van der Waals surface area contributed by atoms with E-state index in [0.29, 0.717) is 36.7 Å². The first-order chi connectivity index (χ1) is 15.4. The molecule has 9 nitrogen and oxygen atoms in total. The Bertz CT molecular complexity index is 1050. The number of nitrogens with one attached hydrogen (secondary N) is 2. The van der Waals surface area contributed by atoms with Crippen LogP contribution in [0.15, 0.2) is 47.8 Å². The maximum atomic E-state index is 13.0. The van der Waals surface area contributed by atoms with E-state index < -0.39 is 39.6 Å². The van der Waals surface area contributed by atoms with Gasteiger partial charge in [-0.1, -0.05) is 36.4 Å². The molecule has 1 unspecified atom stereocenters. The number of hydrogen-bond acceptors (Lipinski definition) is 7. The van der Waals surface area contributed by atoms with Gasteiger partial charge in [0.25, 0.3) is 0 Å². The van der Waals surface area contributed by atoms with E-state index in [1.54, 1.807) is 47.8 Å². The number of amides is 3. The molecule has 11 heteroatoms. The Hall–Kier alpha value is -2.94. The molecule has 1 aliphatic rings. The summed E-state index contributed by atoms with van der Waals surface area (Å²) >= 11 is 1.30. The van der Waals surface area contributed by atoms with Gasteiger partial charge in [0.2, 0.25) is 5.91 Å². The van der Waals surface area contributed by atoms with Crippen LogP contribution in [0.5, 0.6) is 0 Å². The van der Waals surface area contributed by atoms with Crippen LogP contribution in [-0.4, -0.2) is 63.4 Å². The highest BCUT2D eigenvalue weighted by molar-refractivity contribution is 7.90. The molecule has 2 atom stereocenters. The van der Waals surface area contributed by atoms with Gasteiger partial charge < -0.3 is 20.3 Å². The summed E-state index contributed by atoms with van der Waals surface area (Å²) in [4.78, 5) is 27.7. The lowest BCUT2D eigenvalue weighted by Crippen LogP contribution is -2.56. The quantitative estimate of drug-likeness (QED) is 0.593. The topological polar surface area (TPSA) is 129 Å². The molecule has 3 amide bonds. The number of sulfone groups is 1. The van der Waals surface area contributed by atoms with Gasteiger partial charge in [-0.05, 0) is 17.0 Å². The SMILES string of the molecule is N#CC(NC(=O)[C@H](CS(=O)(=O)Cc1ccccc1)NC(=O)N1CCOCC1)c1cccs1. The number of thiophene rings is 1. The maximum Gasteiger partial charge on any atom is 0.318 e. The Kier molecular flexibility index (Phi) is 8.21. The van der Waals surface area contributed by atoms with Crippen molar-refractivity contribution in [2.24, 2.45) is 0 Å². The average Bonchev–Trinajstić information content (AvgIpc) is 3.32. The number of nitrogens with zero attached hydrogens (tertiary/aromatic N) is 2. The van der Waals surface area contributed by atoms with Gasteiger partial charge in [-0.15, -0.1) is 11.3 Å². The summed E-state index contributed by atoms with van der Waals surface area (Å²) in [6, 6.07) is 11.2. The van der Waals surface area contributed by atoms with E-state index in [0.717, 1.165) is 0 Å². The first kappa shape index (κ1) is 23.7. The minimum atomic E-state index is -3.75. The van der Waals surface area contributed by atoms with E-state index in [-0.39, 0.29) is 5.75 Å². The maximum absolute atomic E-state index is 13.0. The third-order valence-corrected chi connectivity index (χ3v) is 7.36. The number of urea groups is 1. The van der Waals surface area contributed by atoms with Crippen LogP contribution in [-0.2, 0) is 25.1 Å². The van der Waals surface area contributed by atoms with Crippen molar-refractivity contribution in [3.05, 3.63) is 58.3 Å². The molecule has 1 aromatic carbocycles. The van der Waals surface area contributed by atoms with E-state index in [1.165, 1.54) is 16.2 Å². The van der Waals surface area contributed by atoms with Crippen molar-refractivity contribution in [3.63, 3.8) is 0 Å². The Morgan fingerprint density at radius 2 is 1.84 bits per heavy atom. The number of carbonyl (C=O) groups is 2. The third kappa shape index (κ3) is 6.78. The summed E-state index contributed by atoms with van der Waals surface area (Å²) in [5, 5.41) is 16.3. The summed E-state index contributed by atoms with van der Waals surface area (Å²) < 4.78 is 30.9. The fourth-order valence-corrected chi connectivity index (χ4v) is 5.48. The molecule has 3 rings (SSSR count). The summed E-state index contributed by atoms with van der Waals surface area (Å²) in [5.41, 5.74) is 0.583. The van der Waals surface area contributed by atoms with E-state index in [2.05, 4.69) is 10.6 Å². The zero-order chi connectivity index (χ0) is 23.0. The standard InChI is InChI=1S/C21H24N4O5S2/c22-13-17(19-7-4-12-31-19)23-20(26)18(24-21(27)25-8-10-30-11-9-25)15-32(28,29)14-16-5-2-1-3-6-16/h1-7,12,17-18H,8-11,14-15H2,(H,23,26)(H,24,27)/t17?,18-/m0/s1. The van der Waals surface area contributed by atoms with Crippen molar-refractivity contribution >= 4 is 33.1 Å². The van der Waals surface area contributed by atoms with Gasteiger partial charge in [-0.25, -0.2) is 13.2 Å². The van der Waals surface area contributed by atoms with Crippen molar-refractivity contribution in [1.29, 1.82) is 5.26 Å². The van der Waals surface area contributed by atoms with Crippen molar-refractivity contribution in [2.75, 3.05) is 32.1 Å². The largest absolute Gasteiger partial charge is 0.378 e. The lowest BCUT2D eigenvalue weighted by Gasteiger charge is -2.29. The van der Waals surface area contributed by atoms with Gasteiger partial charge in [-0.2, -0.15) is 5.26 Å². The third-order valence-electron chi connectivity index (χ3n) is 4.81. The van der Waals surface area contributed by atoms with Crippen molar-refractivity contribution in [3.8, 4) is 6.07 Å².